The van der Waals surface area contributed by atoms with Gasteiger partial charge in [-0.15, -0.1) is 0 Å². The van der Waals surface area contributed by atoms with Gasteiger partial charge >= 0.3 is 0 Å². The molecule has 0 fully saturated rings. The van der Waals surface area contributed by atoms with Crippen LogP contribution in [-0.4, -0.2) is 19.0 Å². The van der Waals surface area contributed by atoms with Gasteiger partial charge in [0.2, 0.25) is 0 Å². The number of hydrogen-bond donors (Lipinski definition) is 0. The van der Waals surface area contributed by atoms with E-state index in [9.17, 15) is 4.79 Å². The van der Waals surface area contributed by atoms with Gasteiger partial charge in [-0.25, -0.2) is 0 Å². The third-order valence-corrected chi connectivity index (χ3v) is 2.86. The Morgan fingerprint density at radius 1 is 1.28 bits per heavy atom. The lowest BCUT2D eigenvalue weighted by molar-refractivity contribution is -0.114. The maximum atomic E-state index is 11.5. The second-order valence-electron chi connectivity index (χ2n) is 4.68. The van der Waals surface area contributed by atoms with Crippen molar-refractivity contribution >= 4 is 11.9 Å². The van der Waals surface area contributed by atoms with Crippen LogP contribution in [-0.2, 0) is 9.53 Å². The van der Waals surface area contributed by atoms with E-state index in [1.54, 1.807) is 6.92 Å². The van der Waals surface area contributed by atoms with Crippen molar-refractivity contribution in [3.8, 4) is 0 Å². The summed E-state index contributed by atoms with van der Waals surface area (Å²) in [4.78, 5) is 11.5. The highest BCUT2D eigenvalue weighted by Gasteiger charge is 2.04. The fourth-order valence-corrected chi connectivity index (χ4v) is 1.64. The monoisotopic (exact) mass is 246 g/mol. The molecule has 18 heavy (non-hydrogen) atoms. The van der Waals surface area contributed by atoms with Crippen molar-refractivity contribution in [1.29, 1.82) is 0 Å². The van der Waals surface area contributed by atoms with E-state index in [1.165, 1.54) is 5.56 Å². The van der Waals surface area contributed by atoms with Crippen LogP contribution in [0.15, 0.2) is 29.8 Å². The summed E-state index contributed by atoms with van der Waals surface area (Å²) in [7, 11) is 0. The molecule has 2 nitrogen and oxygen atoms in total. The van der Waals surface area contributed by atoms with Crippen LogP contribution in [0.3, 0.4) is 0 Å². The van der Waals surface area contributed by atoms with Gasteiger partial charge in [0.25, 0.3) is 0 Å². The second-order valence-corrected chi connectivity index (χ2v) is 4.68. The van der Waals surface area contributed by atoms with Crippen LogP contribution in [0.1, 0.15) is 44.7 Å². The highest BCUT2D eigenvalue weighted by molar-refractivity contribution is 5.98. The largest absolute Gasteiger partial charge is 0.377 e. The zero-order valence-electron chi connectivity index (χ0n) is 11.7. The van der Waals surface area contributed by atoms with Gasteiger partial charge in [-0.2, -0.15) is 0 Å². The van der Waals surface area contributed by atoms with Crippen LogP contribution in [0.4, 0.5) is 0 Å². The minimum Gasteiger partial charge on any atom is -0.377 e. The lowest BCUT2D eigenvalue weighted by atomic mass is 10.0. The molecular formula is C16H22O2. The third kappa shape index (κ3) is 4.46. The number of ether oxygens (including phenoxy) is 1. The van der Waals surface area contributed by atoms with Crippen LogP contribution in [0, 0.1) is 0 Å². The van der Waals surface area contributed by atoms with E-state index < -0.39 is 0 Å². The Labute approximate surface area is 110 Å². The van der Waals surface area contributed by atoms with Crippen LogP contribution in [0.2, 0.25) is 0 Å². The van der Waals surface area contributed by atoms with E-state index in [1.807, 2.05) is 25.1 Å². The van der Waals surface area contributed by atoms with Crippen LogP contribution in [0.5, 0.6) is 0 Å². The lowest BCUT2D eigenvalue weighted by Gasteiger charge is -2.07. The maximum absolute atomic E-state index is 11.5. The summed E-state index contributed by atoms with van der Waals surface area (Å²) < 4.78 is 5.30. The van der Waals surface area contributed by atoms with E-state index in [0.717, 1.165) is 5.56 Å². The van der Waals surface area contributed by atoms with E-state index in [0.29, 0.717) is 24.7 Å². The zero-order chi connectivity index (χ0) is 13.5. The first kappa shape index (κ1) is 14.7. The Balaban J connectivity index is 2.87. The van der Waals surface area contributed by atoms with Gasteiger partial charge in [0.1, 0.15) is 0 Å². The molecule has 0 spiro atoms. The minimum absolute atomic E-state index is 0.0661. The molecule has 0 bridgehead atoms. The highest BCUT2D eigenvalue weighted by atomic mass is 16.5. The summed E-state index contributed by atoms with van der Waals surface area (Å²) in [6.07, 6.45) is 1.90. The molecule has 0 saturated carbocycles. The molecule has 1 rings (SSSR count). The fraction of sp³-hybridized carbons (Fsp3) is 0.438. The number of ketones is 1. The van der Waals surface area contributed by atoms with Crippen molar-refractivity contribution in [2.45, 2.75) is 33.6 Å². The third-order valence-electron chi connectivity index (χ3n) is 2.86. The molecular weight excluding hydrogens is 224 g/mol. The van der Waals surface area contributed by atoms with Crippen molar-refractivity contribution in [1.82, 2.24) is 0 Å². The zero-order valence-corrected chi connectivity index (χ0v) is 11.7. The molecule has 98 valence electrons. The molecule has 1 aromatic carbocycles. The first-order chi connectivity index (χ1) is 8.54. The van der Waals surface area contributed by atoms with Crippen molar-refractivity contribution in [2.24, 2.45) is 0 Å². The first-order valence-electron chi connectivity index (χ1n) is 6.43. The van der Waals surface area contributed by atoms with Crippen molar-refractivity contribution in [2.75, 3.05) is 13.2 Å². The number of rotatable bonds is 6. The molecule has 0 unspecified atom stereocenters. The Bertz CT molecular complexity index is 413. The maximum Gasteiger partial charge on any atom is 0.158 e. The smallest absolute Gasteiger partial charge is 0.158 e. The number of Topliss-reactive ketones (excluding diaryl/α,β-unsaturated/α-hetero) is 1. The van der Waals surface area contributed by atoms with Gasteiger partial charge in [0.15, 0.2) is 5.78 Å². The second kappa shape index (κ2) is 7.12. The van der Waals surface area contributed by atoms with Crippen molar-refractivity contribution in [3.05, 3.63) is 41.0 Å². The van der Waals surface area contributed by atoms with Gasteiger partial charge < -0.3 is 4.74 Å². The van der Waals surface area contributed by atoms with Crippen LogP contribution in [0.25, 0.3) is 6.08 Å². The fourth-order valence-electron chi connectivity index (χ4n) is 1.64. The Morgan fingerprint density at radius 2 is 1.89 bits per heavy atom. The van der Waals surface area contributed by atoms with Crippen LogP contribution < -0.4 is 0 Å². The number of carbonyl (C=O) groups is 1. The highest BCUT2D eigenvalue weighted by Crippen LogP contribution is 2.16. The first-order valence-corrected chi connectivity index (χ1v) is 6.43. The van der Waals surface area contributed by atoms with E-state index in [-0.39, 0.29) is 5.78 Å². The number of hydrogen-bond acceptors (Lipinski definition) is 2. The normalized spacial score (nSPS) is 11.9. The van der Waals surface area contributed by atoms with E-state index in [4.69, 9.17) is 4.74 Å². The summed E-state index contributed by atoms with van der Waals surface area (Å²) in [6.45, 7) is 8.85. The summed E-state index contributed by atoms with van der Waals surface area (Å²) >= 11 is 0. The molecule has 0 aliphatic heterocycles. The molecule has 0 aliphatic carbocycles. The number of carbonyl (C=O) groups excluding carboxylic acids is 1. The quantitative estimate of drug-likeness (QED) is 0.713. The molecule has 0 radical (unpaired) electrons. The molecule has 1 aromatic rings. The molecule has 0 saturated heterocycles. The summed E-state index contributed by atoms with van der Waals surface area (Å²) in [5.74, 6) is 0.593. The SMILES string of the molecule is CCOC/C(=C\c1ccc(C(C)C)cc1)C(C)=O. The predicted octanol–water partition coefficient (Wildman–Crippen LogP) is 3.82. The minimum atomic E-state index is 0.0661. The predicted molar refractivity (Wildman–Crippen MR) is 75.7 cm³/mol. The summed E-state index contributed by atoms with van der Waals surface area (Å²) in [5.41, 5.74) is 3.07. The van der Waals surface area contributed by atoms with Crippen molar-refractivity contribution in [3.63, 3.8) is 0 Å². The molecule has 2 heteroatoms. The standard InChI is InChI=1S/C16H22O2/c1-5-18-11-16(13(4)17)10-14-6-8-15(9-7-14)12(2)3/h6-10,12H,5,11H2,1-4H3/b16-10+. The molecule has 0 aliphatic rings. The number of benzene rings is 1. The van der Waals surface area contributed by atoms with Gasteiger partial charge in [-0.3, -0.25) is 4.79 Å². The Hall–Kier alpha value is -1.41. The molecule has 0 N–H and O–H groups in total. The van der Waals surface area contributed by atoms with Gasteiger partial charge in [0.05, 0.1) is 6.61 Å². The molecule has 0 aromatic heterocycles. The summed E-state index contributed by atoms with van der Waals surface area (Å²) in [6, 6.07) is 8.30. The molecule has 0 heterocycles. The lowest BCUT2D eigenvalue weighted by Crippen LogP contribution is -2.05. The molecule has 0 amide bonds. The Morgan fingerprint density at radius 3 is 2.33 bits per heavy atom. The van der Waals surface area contributed by atoms with Gasteiger partial charge in [-0.1, -0.05) is 38.1 Å². The molecule has 0 atom stereocenters. The average molecular weight is 246 g/mol. The summed E-state index contributed by atoms with van der Waals surface area (Å²) in [5, 5.41) is 0. The van der Waals surface area contributed by atoms with Crippen molar-refractivity contribution < 1.29 is 9.53 Å². The van der Waals surface area contributed by atoms with Gasteiger partial charge in [-0.05, 0) is 37.0 Å². The van der Waals surface area contributed by atoms with E-state index in [2.05, 4.69) is 26.0 Å². The van der Waals surface area contributed by atoms with Crippen LogP contribution >= 0.6 is 0 Å². The average Bonchev–Trinajstić information content (AvgIpc) is 2.34. The Kier molecular flexibility index (Phi) is 5.79. The van der Waals surface area contributed by atoms with Gasteiger partial charge in [0, 0.05) is 12.2 Å². The topological polar surface area (TPSA) is 26.3 Å². The van der Waals surface area contributed by atoms with E-state index >= 15 is 0 Å².